The van der Waals surface area contributed by atoms with E-state index in [0.717, 1.165) is 58.4 Å². The maximum absolute atomic E-state index is 10.4. The number of benzene rings is 3. The third-order valence-corrected chi connectivity index (χ3v) is 6.89. The molecule has 0 fully saturated rings. The fourth-order valence-corrected chi connectivity index (χ4v) is 4.64. The Labute approximate surface area is 242 Å². The van der Waals surface area contributed by atoms with Crippen molar-refractivity contribution in [1.29, 1.82) is 5.26 Å². The van der Waals surface area contributed by atoms with Crippen molar-refractivity contribution in [1.82, 2.24) is 0 Å². The van der Waals surface area contributed by atoms with Crippen LogP contribution in [0, 0.1) is 11.3 Å². The van der Waals surface area contributed by atoms with E-state index in [9.17, 15) is 10.4 Å². The van der Waals surface area contributed by atoms with Gasteiger partial charge in [-0.2, -0.15) is 5.26 Å². The summed E-state index contributed by atoms with van der Waals surface area (Å²) in [7, 11) is 1.65. The largest absolute Gasteiger partial charge is 0.496 e. The zero-order valence-corrected chi connectivity index (χ0v) is 25.9. The number of aliphatic hydroxyl groups is 1. The van der Waals surface area contributed by atoms with Crippen LogP contribution < -0.4 is 9.47 Å². The third kappa shape index (κ3) is 8.23. The summed E-state index contributed by atoms with van der Waals surface area (Å²) in [6, 6.07) is 20.4. The van der Waals surface area contributed by atoms with E-state index in [-0.39, 0.29) is 6.10 Å². The molecule has 0 saturated carbocycles. The van der Waals surface area contributed by atoms with Gasteiger partial charge in [-0.15, -0.1) is 0 Å². The van der Waals surface area contributed by atoms with Crippen molar-refractivity contribution in [2.24, 2.45) is 0 Å². The van der Waals surface area contributed by atoms with Crippen molar-refractivity contribution < 1.29 is 14.6 Å². The summed E-state index contributed by atoms with van der Waals surface area (Å²) < 4.78 is 11.8. The number of methoxy groups -OCH3 is 1. The first kappa shape index (κ1) is 32.7. The minimum absolute atomic E-state index is 0.107. The summed E-state index contributed by atoms with van der Waals surface area (Å²) >= 11 is 0. The molecule has 3 rings (SSSR count). The molecule has 0 amide bonds. The predicted molar refractivity (Wildman–Crippen MR) is 169 cm³/mol. The molecule has 0 aromatic heterocycles. The number of hydrogen-bond acceptors (Lipinski definition) is 4. The van der Waals surface area contributed by atoms with Gasteiger partial charge in [0.15, 0.2) is 0 Å². The number of allylic oxidation sites excluding steroid dienone is 1. The second kappa shape index (κ2) is 15.3. The van der Waals surface area contributed by atoms with E-state index in [1.165, 1.54) is 12.0 Å². The monoisotopic (exact) mass is 541 g/mol. The fourth-order valence-electron chi connectivity index (χ4n) is 4.64. The highest BCUT2D eigenvalue weighted by atomic mass is 16.5. The Hall–Kier alpha value is -3.55. The average molecular weight is 542 g/mol. The van der Waals surface area contributed by atoms with Crippen LogP contribution in [0.2, 0.25) is 0 Å². The van der Waals surface area contributed by atoms with Crippen LogP contribution in [0.1, 0.15) is 102 Å². The number of nitriles is 1. The van der Waals surface area contributed by atoms with Gasteiger partial charge in [-0.05, 0) is 91.6 Å². The van der Waals surface area contributed by atoms with E-state index < -0.39 is 5.60 Å². The predicted octanol–water partition coefficient (Wildman–Crippen LogP) is 9.57. The van der Waals surface area contributed by atoms with Gasteiger partial charge in [-0.1, -0.05) is 83.5 Å². The van der Waals surface area contributed by atoms with Crippen molar-refractivity contribution >= 4 is 11.6 Å². The Balaban J connectivity index is 0.00000178. The summed E-state index contributed by atoms with van der Waals surface area (Å²) in [5.41, 5.74) is 6.93. The second-order valence-corrected chi connectivity index (χ2v) is 10.6. The minimum Gasteiger partial charge on any atom is -0.496 e. The normalized spacial score (nSPS) is 11.5. The smallest absolute Gasteiger partial charge is 0.137 e. The molecule has 4 heteroatoms. The summed E-state index contributed by atoms with van der Waals surface area (Å²) in [5, 5.41) is 20.2. The highest BCUT2D eigenvalue weighted by Gasteiger charge is 2.19. The lowest BCUT2D eigenvalue weighted by Gasteiger charge is -2.20. The first-order chi connectivity index (χ1) is 19.1. The summed E-state index contributed by atoms with van der Waals surface area (Å²) in [6.07, 6.45) is 6.19. The Bertz CT molecular complexity index is 1320. The highest BCUT2D eigenvalue weighted by molar-refractivity contribution is 5.86. The van der Waals surface area contributed by atoms with Gasteiger partial charge in [-0.3, -0.25) is 0 Å². The van der Waals surface area contributed by atoms with Crippen LogP contribution in [0.15, 0.2) is 54.6 Å². The summed E-state index contributed by atoms with van der Waals surface area (Å²) in [5.74, 6) is 1.38. The van der Waals surface area contributed by atoms with Crippen molar-refractivity contribution in [3.05, 3.63) is 82.4 Å². The molecule has 0 saturated heterocycles. The molecule has 0 atom stereocenters. The third-order valence-electron chi connectivity index (χ3n) is 6.89. The molecule has 1 N–H and O–H groups in total. The number of rotatable bonds is 10. The van der Waals surface area contributed by atoms with Gasteiger partial charge in [0.25, 0.3) is 0 Å². The molecule has 0 bridgehead atoms. The molecule has 0 unspecified atom stereocenters. The van der Waals surface area contributed by atoms with E-state index in [1.54, 1.807) is 21.0 Å². The van der Waals surface area contributed by atoms with Crippen molar-refractivity contribution in [3.63, 3.8) is 0 Å². The molecule has 0 aliphatic rings. The Morgan fingerprint density at radius 1 is 0.975 bits per heavy atom. The summed E-state index contributed by atoms with van der Waals surface area (Å²) in [4.78, 5) is 0. The molecule has 0 aliphatic carbocycles. The van der Waals surface area contributed by atoms with E-state index in [4.69, 9.17) is 9.47 Å². The molecule has 0 spiro atoms. The lowest BCUT2D eigenvalue weighted by molar-refractivity contribution is 0.0783. The van der Waals surface area contributed by atoms with E-state index >= 15 is 0 Å². The van der Waals surface area contributed by atoms with Gasteiger partial charge >= 0.3 is 0 Å². The van der Waals surface area contributed by atoms with Crippen molar-refractivity contribution in [3.8, 4) is 28.7 Å². The van der Waals surface area contributed by atoms with Gasteiger partial charge in [0, 0.05) is 5.56 Å². The minimum atomic E-state index is -0.940. The van der Waals surface area contributed by atoms with Gasteiger partial charge in [-0.25, -0.2) is 0 Å². The summed E-state index contributed by atoms with van der Waals surface area (Å²) in [6.45, 7) is 16.2. The molecule has 0 aliphatic heterocycles. The molecule has 3 aromatic carbocycles. The average Bonchev–Trinajstić information content (AvgIpc) is 2.95. The van der Waals surface area contributed by atoms with E-state index in [1.807, 2.05) is 36.4 Å². The molecule has 3 aromatic rings. The van der Waals surface area contributed by atoms with Gasteiger partial charge in [0.05, 0.1) is 24.4 Å². The molecule has 214 valence electrons. The van der Waals surface area contributed by atoms with Crippen molar-refractivity contribution in [2.75, 3.05) is 7.11 Å². The molecule has 4 nitrogen and oxygen atoms in total. The fraction of sp³-hybridized carbons (Fsp3) is 0.417. The maximum Gasteiger partial charge on any atom is 0.137 e. The van der Waals surface area contributed by atoms with E-state index in [0.29, 0.717) is 11.3 Å². The van der Waals surface area contributed by atoms with Crippen molar-refractivity contribution in [2.45, 2.75) is 92.8 Å². The lowest BCUT2D eigenvalue weighted by Crippen LogP contribution is -2.15. The Morgan fingerprint density at radius 2 is 1.65 bits per heavy atom. The first-order valence-corrected chi connectivity index (χ1v) is 14.5. The number of nitrogens with zero attached hydrogens (tertiary/aromatic N) is 1. The highest BCUT2D eigenvalue weighted by Crippen LogP contribution is 2.35. The van der Waals surface area contributed by atoms with Gasteiger partial charge in [0.1, 0.15) is 17.6 Å². The van der Waals surface area contributed by atoms with Crippen LogP contribution in [0.3, 0.4) is 0 Å². The lowest BCUT2D eigenvalue weighted by atomic mass is 9.90. The van der Waals surface area contributed by atoms with Crippen LogP contribution in [0.4, 0.5) is 0 Å². The van der Waals surface area contributed by atoms with E-state index in [2.05, 4.69) is 71.9 Å². The standard InChI is InChI=1S/C33H39NO3.C3H8/c1-8-27(9-2)37-31-17-14-24(19-25(31)21-34)30-13-11-12-23(28(30)10-3)18-22(4)29-16-15-26(33(5,6)35)20-32(29)36-7;1-3-2/h11-20,27,35H,8-10H2,1-7H3;3H2,1-2H3/b22-18+;. The van der Waals surface area contributed by atoms with Crippen LogP contribution in [0.5, 0.6) is 11.5 Å². The quantitative estimate of drug-likeness (QED) is 0.260. The molecule has 0 radical (unpaired) electrons. The Kier molecular flexibility index (Phi) is 12.5. The van der Waals surface area contributed by atoms with Gasteiger partial charge < -0.3 is 14.6 Å². The zero-order chi connectivity index (χ0) is 29.9. The molecular weight excluding hydrogens is 494 g/mol. The van der Waals surface area contributed by atoms with Crippen LogP contribution >= 0.6 is 0 Å². The number of hydrogen-bond donors (Lipinski definition) is 1. The maximum atomic E-state index is 10.4. The Morgan fingerprint density at radius 3 is 2.20 bits per heavy atom. The topological polar surface area (TPSA) is 62.5 Å². The zero-order valence-electron chi connectivity index (χ0n) is 25.9. The molecular formula is C36H47NO3. The van der Waals surface area contributed by atoms with Crippen LogP contribution in [0.25, 0.3) is 22.8 Å². The van der Waals surface area contributed by atoms with Crippen LogP contribution in [-0.2, 0) is 12.0 Å². The molecule has 0 heterocycles. The SMILES string of the molecule is CCC.CCc1c(/C=C(\C)c2ccc(C(C)(C)O)cc2OC)cccc1-c1ccc(OC(CC)CC)c(C#N)c1. The van der Waals surface area contributed by atoms with Crippen LogP contribution in [-0.4, -0.2) is 18.3 Å². The number of ether oxygens (including phenoxy) is 2. The molecule has 40 heavy (non-hydrogen) atoms. The first-order valence-electron chi connectivity index (χ1n) is 14.5. The second-order valence-electron chi connectivity index (χ2n) is 10.6. The van der Waals surface area contributed by atoms with Gasteiger partial charge in [0.2, 0.25) is 0 Å².